The van der Waals surface area contributed by atoms with Gasteiger partial charge in [-0.3, -0.25) is 4.31 Å². The lowest BCUT2D eigenvalue weighted by atomic mass is 10.0. The van der Waals surface area contributed by atoms with Crippen LogP contribution in [-0.2, 0) is 16.4 Å². The molecule has 5 heteroatoms. The number of hydrogen-bond donors (Lipinski definition) is 1. The lowest BCUT2D eigenvalue weighted by Gasteiger charge is -2.31. The summed E-state index contributed by atoms with van der Waals surface area (Å²) < 4.78 is 25.8. The van der Waals surface area contributed by atoms with Crippen molar-refractivity contribution in [3.8, 4) is 0 Å². The second-order valence-corrected chi connectivity index (χ2v) is 6.35. The van der Waals surface area contributed by atoms with Gasteiger partial charge in [0, 0.05) is 12.2 Å². The van der Waals surface area contributed by atoms with E-state index >= 15 is 0 Å². The number of nitrogens with zero attached hydrogens (tertiary/aromatic N) is 1. The number of benzene rings is 1. The third-order valence-corrected chi connectivity index (χ3v) is 5.02. The van der Waals surface area contributed by atoms with Crippen LogP contribution in [0.4, 0.5) is 11.4 Å². The minimum atomic E-state index is -3.19. The Labute approximate surface area is 102 Å². The summed E-state index contributed by atoms with van der Waals surface area (Å²) in [5, 5.41) is 0. The molecule has 0 spiro atoms. The molecule has 0 atom stereocenters. The Bertz CT molecular complexity index is 511. The third kappa shape index (κ3) is 2.24. The smallest absolute Gasteiger partial charge is 0.235 e. The maximum atomic E-state index is 12.1. The maximum absolute atomic E-state index is 12.1. The molecule has 2 N–H and O–H groups in total. The highest BCUT2D eigenvalue weighted by molar-refractivity contribution is 7.92. The number of nitrogen functional groups attached to an aromatic ring is 1. The normalized spacial score (nSPS) is 15.7. The van der Waals surface area contributed by atoms with E-state index in [4.69, 9.17) is 5.73 Å². The van der Waals surface area contributed by atoms with E-state index in [0.29, 0.717) is 18.7 Å². The standard InChI is InChI=1S/C12H18N2O2S/c1-2-9-17(15,16)14-8-4-5-10-11(13)6-3-7-12(10)14/h3,6-7H,2,4-5,8-9,13H2,1H3. The molecular formula is C12H18N2O2S. The zero-order valence-electron chi connectivity index (χ0n) is 10.0. The first-order chi connectivity index (χ1) is 8.06. The largest absolute Gasteiger partial charge is 0.398 e. The van der Waals surface area contributed by atoms with Crippen LogP contribution < -0.4 is 10.0 Å². The molecule has 0 bridgehead atoms. The summed E-state index contributed by atoms with van der Waals surface area (Å²) in [5.41, 5.74) is 8.33. The van der Waals surface area contributed by atoms with Crippen molar-refractivity contribution >= 4 is 21.4 Å². The molecule has 94 valence electrons. The highest BCUT2D eigenvalue weighted by atomic mass is 32.2. The number of nitrogens with two attached hydrogens (primary N) is 1. The maximum Gasteiger partial charge on any atom is 0.235 e. The van der Waals surface area contributed by atoms with Crippen LogP contribution in [0.25, 0.3) is 0 Å². The zero-order valence-corrected chi connectivity index (χ0v) is 10.8. The summed E-state index contributed by atoms with van der Waals surface area (Å²) in [6, 6.07) is 5.49. The van der Waals surface area contributed by atoms with E-state index in [1.807, 2.05) is 25.1 Å². The molecule has 17 heavy (non-hydrogen) atoms. The number of rotatable bonds is 3. The van der Waals surface area contributed by atoms with E-state index in [1.54, 1.807) is 0 Å². The number of fused-ring (bicyclic) bond motifs is 1. The molecule has 2 rings (SSSR count). The summed E-state index contributed by atoms with van der Waals surface area (Å²) in [6.45, 7) is 2.44. The number of sulfonamides is 1. The van der Waals surface area contributed by atoms with Crippen LogP contribution in [0, 0.1) is 0 Å². The fourth-order valence-corrected chi connectivity index (χ4v) is 3.89. The zero-order chi connectivity index (χ0) is 12.5. The van der Waals surface area contributed by atoms with Crippen LogP contribution in [0.3, 0.4) is 0 Å². The second kappa shape index (κ2) is 4.56. The average molecular weight is 254 g/mol. The molecule has 0 saturated carbocycles. The van der Waals surface area contributed by atoms with Crippen LogP contribution in [0.5, 0.6) is 0 Å². The Hall–Kier alpha value is -1.23. The van der Waals surface area contributed by atoms with Crippen LogP contribution in [0.2, 0.25) is 0 Å². The Balaban J connectivity index is 2.45. The van der Waals surface area contributed by atoms with Crippen molar-refractivity contribution in [2.24, 2.45) is 0 Å². The van der Waals surface area contributed by atoms with Crippen LogP contribution in [-0.4, -0.2) is 20.7 Å². The fourth-order valence-electron chi connectivity index (χ4n) is 2.28. The Morgan fingerprint density at radius 2 is 2.18 bits per heavy atom. The average Bonchev–Trinajstić information content (AvgIpc) is 2.29. The molecule has 1 aromatic rings. The molecule has 1 aromatic carbocycles. The predicted octanol–water partition coefficient (Wildman–Crippen LogP) is 1.76. The van der Waals surface area contributed by atoms with Gasteiger partial charge in [-0.25, -0.2) is 8.42 Å². The van der Waals surface area contributed by atoms with E-state index in [2.05, 4.69) is 0 Å². The van der Waals surface area contributed by atoms with E-state index in [1.165, 1.54) is 4.31 Å². The molecule has 1 aliphatic heterocycles. The lowest BCUT2D eigenvalue weighted by molar-refractivity contribution is 0.585. The van der Waals surface area contributed by atoms with Crippen molar-refractivity contribution in [3.63, 3.8) is 0 Å². The monoisotopic (exact) mass is 254 g/mol. The summed E-state index contributed by atoms with van der Waals surface area (Å²) in [6.07, 6.45) is 2.33. The molecular weight excluding hydrogens is 236 g/mol. The van der Waals surface area contributed by atoms with Crippen molar-refractivity contribution in [1.82, 2.24) is 0 Å². The van der Waals surface area contributed by atoms with Gasteiger partial charge in [0.05, 0.1) is 11.4 Å². The molecule has 1 heterocycles. The lowest BCUT2D eigenvalue weighted by Crippen LogP contribution is -2.37. The van der Waals surface area contributed by atoms with E-state index in [0.717, 1.165) is 24.1 Å². The van der Waals surface area contributed by atoms with Crippen molar-refractivity contribution in [1.29, 1.82) is 0 Å². The minimum Gasteiger partial charge on any atom is -0.398 e. The van der Waals surface area contributed by atoms with Gasteiger partial charge in [0.1, 0.15) is 0 Å². The summed E-state index contributed by atoms with van der Waals surface area (Å²) in [5.74, 6) is 0.196. The van der Waals surface area contributed by atoms with Crippen LogP contribution in [0.1, 0.15) is 25.3 Å². The molecule has 0 amide bonds. The van der Waals surface area contributed by atoms with Gasteiger partial charge in [-0.15, -0.1) is 0 Å². The summed E-state index contributed by atoms with van der Waals surface area (Å²) in [7, 11) is -3.19. The number of anilines is 2. The molecule has 4 nitrogen and oxygen atoms in total. The Morgan fingerprint density at radius 1 is 1.41 bits per heavy atom. The van der Waals surface area contributed by atoms with Crippen molar-refractivity contribution in [2.45, 2.75) is 26.2 Å². The first-order valence-corrected chi connectivity index (χ1v) is 7.55. The fraction of sp³-hybridized carbons (Fsp3) is 0.500. The van der Waals surface area contributed by atoms with Crippen molar-refractivity contribution in [3.05, 3.63) is 23.8 Å². The van der Waals surface area contributed by atoms with Gasteiger partial charge >= 0.3 is 0 Å². The molecule has 1 aliphatic rings. The highest BCUT2D eigenvalue weighted by Gasteiger charge is 2.27. The van der Waals surface area contributed by atoms with E-state index in [-0.39, 0.29) is 5.75 Å². The quantitative estimate of drug-likeness (QED) is 0.836. The topological polar surface area (TPSA) is 63.4 Å². The van der Waals surface area contributed by atoms with Gasteiger partial charge in [0.2, 0.25) is 10.0 Å². The number of hydrogen-bond acceptors (Lipinski definition) is 3. The summed E-state index contributed by atoms with van der Waals surface area (Å²) in [4.78, 5) is 0. The molecule has 0 fully saturated rings. The van der Waals surface area contributed by atoms with Gasteiger partial charge < -0.3 is 5.73 Å². The van der Waals surface area contributed by atoms with Gasteiger partial charge in [0.15, 0.2) is 0 Å². The predicted molar refractivity (Wildman–Crippen MR) is 70.6 cm³/mol. The van der Waals surface area contributed by atoms with Gasteiger partial charge in [-0.2, -0.15) is 0 Å². The van der Waals surface area contributed by atoms with Gasteiger partial charge in [0.25, 0.3) is 0 Å². The van der Waals surface area contributed by atoms with Gasteiger partial charge in [-0.1, -0.05) is 13.0 Å². The van der Waals surface area contributed by atoms with Crippen LogP contribution in [0.15, 0.2) is 18.2 Å². The summed E-state index contributed by atoms with van der Waals surface area (Å²) >= 11 is 0. The molecule has 0 aromatic heterocycles. The minimum absolute atomic E-state index is 0.196. The van der Waals surface area contributed by atoms with E-state index in [9.17, 15) is 8.42 Å². The molecule has 0 aliphatic carbocycles. The van der Waals surface area contributed by atoms with Crippen molar-refractivity contribution in [2.75, 3.05) is 22.3 Å². The molecule has 0 unspecified atom stereocenters. The third-order valence-electron chi connectivity index (χ3n) is 3.04. The molecule has 0 saturated heterocycles. The second-order valence-electron chi connectivity index (χ2n) is 4.34. The van der Waals surface area contributed by atoms with Crippen LogP contribution >= 0.6 is 0 Å². The van der Waals surface area contributed by atoms with Crippen molar-refractivity contribution < 1.29 is 8.42 Å². The Morgan fingerprint density at radius 3 is 2.88 bits per heavy atom. The SMILES string of the molecule is CCCS(=O)(=O)N1CCCc2c(N)cccc21. The Kier molecular flexibility index (Phi) is 3.28. The highest BCUT2D eigenvalue weighted by Crippen LogP contribution is 2.33. The van der Waals surface area contributed by atoms with E-state index < -0.39 is 10.0 Å². The first kappa shape index (κ1) is 12.2. The molecule has 0 radical (unpaired) electrons. The first-order valence-electron chi connectivity index (χ1n) is 5.94. The van der Waals surface area contributed by atoms with Gasteiger partial charge in [-0.05, 0) is 37.0 Å².